The van der Waals surface area contributed by atoms with Crippen LogP contribution in [0.5, 0.6) is 0 Å². The van der Waals surface area contributed by atoms with Crippen molar-refractivity contribution in [1.29, 1.82) is 0 Å². The van der Waals surface area contributed by atoms with E-state index in [1.54, 1.807) is 4.90 Å². The van der Waals surface area contributed by atoms with Crippen LogP contribution in [0.4, 0.5) is 5.69 Å². The van der Waals surface area contributed by atoms with Crippen molar-refractivity contribution in [3.8, 4) is 0 Å². The highest BCUT2D eigenvalue weighted by Gasteiger charge is 2.27. The minimum absolute atomic E-state index is 0.0135. The molecule has 0 spiro atoms. The third kappa shape index (κ3) is 4.04. The Hall–Kier alpha value is -1.40. The largest absolute Gasteiger partial charge is 0.312 e. The molecule has 5 nitrogen and oxygen atoms in total. The summed E-state index contributed by atoms with van der Waals surface area (Å²) in [5, 5.41) is 0. The number of hydrogen-bond acceptors (Lipinski definition) is 4. The first-order chi connectivity index (χ1) is 8.96. The second-order valence-electron chi connectivity index (χ2n) is 4.73. The summed E-state index contributed by atoms with van der Waals surface area (Å²) >= 11 is 0. The van der Waals surface area contributed by atoms with Crippen LogP contribution >= 0.6 is 0 Å². The second kappa shape index (κ2) is 5.71. The maximum absolute atomic E-state index is 12.1. The Labute approximate surface area is 113 Å². The summed E-state index contributed by atoms with van der Waals surface area (Å²) < 4.78 is 26.6. The molecule has 0 saturated carbocycles. The summed E-state index contributed by atoms with van der Waals surface area (Å²) in [5.74, 6) is -0.0123. The monoisotopic (exact) mass is 283 g/mol. The Balaban J connectivity index is 1.94. The van der Waals surface area contributed by atoms with Crippen molar-refractivity contribution >= 4 is 21.7 Å². The van der Waals surface area contributed by atoms with Crippen LogP contribution in [0.2, 0.25) is 0 Å². The molecule has 0 radical (unpaired) electrons. The standard InChI is InChI=1S/C13H17NO4S/c1-19(16,17)18-10-11-7-8-14(13(15)9-11)12-5-3-2-4-6-12/h2-6,11H,7-10H2,1H3/t11-/m0/s1. The Morgan fingerprint density at radius 1 is 1.32 bits per heavy atom. The summed E-state index contributed by atoms with van der Waals surface area (Å²) in [6.07, 6.45) is 2.09. The van der Waals surface area contributed by atoms with E-state index in [2.05, 4.69) is 0 Å². The quantitative estimate of drug-likeness (QED) is 0.784. The average Bonchev–Trinajstić information content (AvgIpc) is 2.37. The third-order valence-electron chi connectivity index (χ3n) is 3.11. The van der Waals surface area contributed by atoms with Gasteiger partial charge in [0.15, 0.2) is 0 Å². The van der Waals surface area contributed by atoms with Crippen molar-refractivity contribution in [2.75, 3.05) is 24.3 Å². The van der Waals surface area contributed by atoms with E-state index in [0.717, 1.165) is 18.4 Å². The number of carbonyl (C=O) groups excluding carboxylic acids is 1. The zero-order valence-corrected chi connectivity index (χ0v) is 11.6. The van der Waals surface area contributed by atoms with Crippen molar-refractivity contribution in [3.63, 3.8) is 0 Å². The van der Waals surface area contributed by atoms with E-state index in [-0.39, 0.29) is 18.4 Å². The van der Waals surface area contributed by atoms with Crippen molar-refractivity contribution < 1.29 is 17.4 Å². The van der Waals surface area contributed by atoms with Gasteiger partial charge in [-0.2, -0.15) is 8.42 Å². The molecule has 1 fully saturated rings. The van der Waals surface area contributed by atoms with Crippen LogP contribution in [-0.4, -0.2) is 33.7 Å². The Morgan fingerprint density at radius 3 is 2.58 bits per heavy atom. The lowest BCUT2D eigenvalue weighted by Gasteiger charge is -2.31. The number of rotatable bonds is 4. The zero-order valence-electron chi connectivity index (χ0n) is 10.8. The van der Waals surface area contributed by atoms with Gasteiger partial charge in [-0.05, 0) is 24.5 Å². The topological polar surface area (TPSA) is 63.7 Å². The van der Waals surface area contributed by atoms with E-state index < -0.39 is 10.1 Å². The van der Waals surface area contributed by atoms with E-state index in [1.165, 1.54) is 0 Å². The van der Waals surface area contributed by atoms with Gasteiger partial charge in [-0.3, -0.25) is 8.98 Å². The van der Waals surface area contributed by atoms with Gasteiger partial charge in [-0.1, -0.05) is 18.2 Å². The van der Waals surface area contributed by atoms with Crippen LogP contribution < -0.4 is 4.90 Å². The maximum Gasteiger partial charge on any atom is 0.264 e. The van der Waals surface area contributed by atoms with Gasteiger partial charge in [0.25, 0.3) is 10.1 Å². The lowest BCUT2D eigenvalue weighted by Crippen LogP contribution is -2.40. The normalized spacial score (nSPS) is 20.6. The highest BCUT2D eigenvalue weighted by atomic mass is 32.2. The van der Waals surface area contributed by atoms with Crippen LogP contribution in [0.15, 0.2) is 30.3 Å². The summed E-state index contributed by atoms with van der Waals surface area (Å²) in [5.41, 5.74) is 0.884. The molecule has 1 aliphatic heterocycles. The molecule has 0 bridgehead atoms. The SMILES string of the molecule is CS(=O)(=O)OC[C@H]1CCN(c2ccccc2)C(=O)C1. The molecule has 1 atom stereocenters. The number of hydrogen-bond donors (Lipinski definition) is 0. The molecule has 19 heavy (non-hydrogen) atoms. The maximum atomic E-state index is 12.1. The summed E-state index contributed by atoms with van der Waals surface area (Å²) in [6.45, 7) is 0.688. The van der Waals surface area contributed by atoms with Crippen LogP contribution in [-0.2, 0) is 19.1 Å². The Bertz CT molecular complexity index is 541. The molecule has 2 rings (SSSR count). The molecule has 0 unspecified atom stereocenters. The smallest absolute Gasteiger partial charge is 0.264 e. The lowest BCUT2D eigenvalue weighted by atomic mass is 9.97. The van der Waals surface area contributed by atoms with E-state index in [0.29, 0.717) is 13.0 Å². The molecular formula is C13H17NO4S. The first kappa shape index (κ1) is 14.0. The van der Waals surface area contributed by atoms with Gasteiger partial charge >= 0.3 is 0 Å². The zero-order chi connectivity index (χ0) is 13.9. The van der Waals surface area contributed by atoms with Crippen molar-refractivity contribution in [2.45, 2.75) is 12.8 Å². The summed E-state index contributed by atoms with van der Waals surface area (Å²) in [7, 11) is -3.43. The first-order valence-electron chi connectivity index (χ1n) is 6.15. The van der Waals surface area contributed by atoms with Crippen LogP contribution in [0.3, 0.4) is 0 Å². The molecule has 1 aromatic rings. The predicted octanol–water partition coefficient (Wildman–Crippen LogP) is 1.41. The third-order valence-corrected chi connectivity index (χ3v) is 3.68. The van der Waals surface area contributed by atoms with E-state index in [1.807, 2.05) is 30.3 Å². The molecule has 0 aromatic heterocycles. The summed E-state index contributed by atoms with van der Waals surface area (Å²) in [4.78, 5) is 13.8. The van der Waals surface area contributed by atoms with E-state index >= 15 is 0 Å². The number of carbonyl (C=O) groups is 1. The Kier molecular flexibility index (Phi) is 4.21. The lowest BCUT2D eigenvalue weighted by molar-refractivity contribution is -0.121. The number of anilines is 1. The molecule has 104 valence electrons. The van der Waals surface area contributed by atoms with Gasteiger partial charge in [0.05, 0.1) is 12.9 Å². The number of para-hydroxylation sites is 1. The molecule has 1 amide bonds. The van der Waals surface area contributed by atoms with E-state index in [4.69, 9.17) is 4.18 Å². The van der Waals surface area contributed by atoms with Gasteiger partial charge in [0, 0.05) is 18.7 Å². The van der Waals surface area contributed by atoms with Gasteiger partial charge < -0.3 is 4.90 Å². The number of piperidine rings is 1. The Morgan fingerprint density at radius 2 is 2.00 bits per heavy atom. The molecule has 0 aliphatic carbocycles. The number of amides is 1. The van der Waals surface area contributed by atoms with Crippen molar-refractivity contribution in [2.24, 2.45) is 5.92 Å². The van der Waals surface area contributed by atoms with Gasteiger partial charge in [-0.15, -0.1) is 0 Å². The number of nitrogens with zero attached hydrogens (tertiary/aromatic N) is 1. The number of benzene rings is 1. The molecule has 1 saturated heterocycles. The highest BCUT2D eigenvalue weighted by molar-refractivity contribution is 7.85. The predicted molar refractivity (Wildman–Crippen MR) is 72.3 cm³/mol. The molecule has 1 heterocycles. The first-order valence-corrected chi connectivity index (χ1v) is 7.97. The minimum Gasteiger partial charge on any atom is -0.312 e. The summed E-state index contributed by atoms with van der Waals surface area (Å²) in [6, 6.07) is 9.47. The molecule has 1 aromatic carbocycles. The molecule has 6 heteroatoms. The average molecular weight is 283 g/mol. The van der Waals surface area contributed by atoms with Gasteiger partial charge in [-0.25, -0.2) is 0 Å². The minimum atomic E-state index is -3.43. The highest BCUT2D eigenvalue weighted by Crippen LogP contribution is 2.24. The van der Waals surface area contributed by atoms with Crippen LogP contribution in [0.25, 0.3) is 0 Å². The second-order valence-corrected chi connectivity index (χ2v) is 6.37. The molecule has 0 N–H and O–H groups in total. The van der Waals surface area contributed by atoms with Crippen LogP contribution in [0.1, 0.15) is 12.8 Å². The molecule has 1 aliphatic rings. The van der Waals surface area contributed by atoms with Gasteiger partial charge in [0.1, 0.15) is 0 Å². The fourth-order valence-electron chi connectivity index (χ4n) is 2.14. The van der Waals surface area contributed by atoms with Crippen molar-refractivity contribution in [3.05, 3.63) is 30.3 Å². The van der Waals surface area contributed by atoms with Crippen molar-refractivity contribution in [1.82, 2.24) is 0 Å². The van der Waals surface area contributed by atoms with Crippen LogP contribution in [0, 0.1) is 5.92 Å². The van der Waals surface area contributed by atoms with E-state index in [9.17, 15) is 13.2 Å². The fraction of sp³-hybridized carbons (Fsp3) is 0.462. The molecular weight excluding hydrogens is 266 g/mol. The van der Waals surface area contributed by atoms with Gasteiger partial charge in [0.2, 0.25) is 5.91 Å². The fourth-order valence-corrected chi connectivity index (χ4v) is 2.58.